The molecule has 0 radical (unpaired) electrons. The highest BCUT2D eigenvalue weighted by Gasteiger charge is 2.47. The van der Waals surface area contributed by atoms with Gasteiger partial charge in [-0.05, 0) is 79.4 Å². The second-order valence-electron chi connectivity index (χ2n) is 11.3. The van der Waals surface area contributed by atoms with Crippen LogP contribution in [0.3, 0.4) is 0 Å². The third-order valence-corrected chi connectivity index (χ3v) is 9.46. The van der Waals surface area contributed by atoms with Crippen LogP contribution in [0.25, 0.3) is 22.2 Å². The molecule has 1 saturated heterocycles. The number of hydrogen-bond donors (Lipinski definition) is 0. The lowest BCUT2D eigenvalue weighted by atomic mass is 9.85. The number of halogens is 3. The van der Waals surface area contributed by atoms with Gasteiger partial charge in [0.1, 0.15) is 0 Å². The van der Waals surface area contributed by atoms with Crippen LogP contribution in [0.4, 0.5) is 5.69 Å². The predicted octanol–water partition coefficient (Wildman–Crippen LogP) is 8.37. The first-order valence-electron chi connectivity index (χ1n) is 15.0. The molecule has 2 amide bonds. The van der Waals surface area contributed by atoms with Gasteiger partial charge in [0.2, 0.25) is 17.6 Å². The molecule has 0 N–H and O–H groups in total. The maximum Gasteiger partial charge on any atom is 0.339 e. The molecule has 1 aliphatic heterocycles. The molecule has 10 heteroatoms. The van der Waals surface area contributed by atoms with Crippen molar-refractivity contribution in [3.8, 4) is 11.3 Å². The molecule has 3 atom stereocenters. The summed E-state index contributed by atoms with van der Waals surface area (Å²) >= 11 is 15.6. The molecular formula is C36H29BrCl2N2O5. The van der Waals surface area contributed by atoms with Crippen molar-refractivity contribution >= 4 is 79.3 Å². The van der Waals surface area contributed by atoms with Gasteiger partial charge in [0.25, 0.3) is 0 Å². The fourth-order valence-electron chi connectivity index (χ4n) is 6.12. The van der Waals surface area contributed by atoms with E-state index in [-0.39, 0.29) is 47.3 Å². The number of aromatic nitrogens is 1. The van der Waals surface area contributed by atoms with Crippen LogP contribution in [-0.2, 0) is 20.7 Å². The number of alkyl halides is 1. The van der Waals surface area contributed by atoms with E-state index in [1.165, 1.54) is 4.90 Å². The van der Waals surface area contributed by atoms with Crippen molar-refractivity contribution in [1.29, 1.82) is 0 Å². The van der Waals surface area contributed by atoms with Crippen molar-refractivity contribution < 1.29 is 23.9 Å². The number of esters is 1. The number of rotatable bonds is 9. The molecule has 3 aromatic carbocycles. The number of carbonyl (C=O) groups is 4. The van der Waals surface area contributed by atoms with Gasteiger partial charge in [-0.1, -0.05) is 58.7 Å². The zero-order chi connectivity index (χ0) is 32.5. The minimum Gasteiger partial charge on any atom is -0.450 e. The Balaban J connectivity index is 1.36. The molecule has 0 saturated carbocycles. The average Bonchev–Trinajstić information content (AvgIpc) is 3.32. The predicted molar refractivity (Wildman–Crippen MR) is 182 cm³/mol. The normalized spacial score (nSPS) is 18.1. The lowest BCUT2D eigenvalue weighted by Gasteiger charge is -2.18. The van der Waals surface area contributed by atoms with E-state index < -0.39 is 12.1 Å². The molecule has 0 spiro atoms. The molecule has 7 nitrogen and oxygen atoms in total. The summed E-state index contributed by atoms with van der Waals surface area (Å²) < 4.78 is 6.63. The summed E-state index contributed by atoms with van der Waals surface area (Å²) in [6.07, 6.45) is 4.72. The highest BCUT2D eigenvalue weighted by atomic mass is 79.9. The van der Waals surface area contributed by atoms with Gasteiger partial charge in [-0.3, -0.25) is 19.3 Å². The Hall–Kier alpha value is -3.85. The molecule has 2 heterocycles. The lowest BCUT2D eigenvalue weighted by Crippen LogP contribution is -2.30. The van der Waals surface area contributed by atoms with Crippen LogP contribution in [0.5, 0.6) is 0 Å². The molecule has 234 valence electrons. The second kappa shape index (κ2) is 13.5. The van der Waals surface area contributed by atoms with Crippen LogP contribution < -0.4 is 4.90 Å². The Bertz CT molecular complexity index is 1870. The van der Waals surface area contributed by atoms with E-state index in [2.05, 4.69) is 15.9 Å². The van der Waals surface area contributed by atoms with E-state index >= 15 is 0 Å². The van der Waals surface area contributed by atoms with Crippen LogP contribution >= 0.6 is 39.1 Å². The maximum absolute atomic E-state index is 13.9. The Labute approximate surface area is 284 Å². The maximum atomic E-state index is 13.9. The van der Waals surface area contributed by atoms with Gasteiger partial charge < -0.3 is 4.74 Å². The van der Waals surface area contributed by atoms with Crippen molar-refractivity contribution in [3.63, 3.8) is 0 Å². The number of Topliss-reactive ketones (excluding diaryl/α,β-unsaturated/α-hetero) is 1. The van der Waals surface area contributed by atoms with E-state index in [4.69, 9.17) is 32.9 Å². The largest absolute Gasteiger partial charge is 0.450 e. The van der Waals surface area contributed by atoms with Crippen molar-refractivity contribution in [3.05, 3.63) is 105 Å². The summed E-state index contributed by atoms with van der Waals surface area (Å²) in [6, 6.07) is 18.8. The van der Waals surface area contributed by atoms with Crippen molar-refractivity contribution in [2.24, 2.45) is 11.8 Å². The summed E-state index contributed by atoms with van der Waals surface area (Å²) in [6.45, 7) is 2.00. The van der Waals surface area contributed by atoms with Gasteiger partial charge in [0, 0.05) is 38.3 Å². The van der Waals surface area contributed by atoms with Crippen LogP contribution in [0.15, 0.2) is 83.4 Å². The highest BCUT2D eigenvalue weighted by molar-refractivity contribution is 9.10. The Morgan fingerprint density at radius 1 is 0.978 bits per heavy atom. The SMILES string of the molecule is CCc1cc(Br)cc2c(C(=O)OC(CCCl)C(=O)c3ccc(Cl)cc3)cc(-c3ccc(N4C(=O)C5CC=CCC5C4=O)cc3)nc12. The van der Waals surface area contributed by atoms with Crippen molar-refractivity contribution in [1.82, 2.24) is 4.98 Å². The third-order valence-electron chi connectivity index (χ3n) is 8.53. The summed E-state index contributed by atoms with van der Waals surface area (Å²) in [5, 5.41) is 1.06. The van der Waals surface area contributed by atoms with E-state index in [9.17, 15) is 19.2 Å². The quantitative estimate of drug-likeness (QED) is 0.0568. The lowest BCUT2D eigenvalue weighted by molar-refractivity contribution is -0.122. The number of allylic oxidation sites excluding steroid dienone is 2. The molecule has 3 unspecified atom stereocenters. The molecule has 46 heavy (non-hydrogen) atoms. The van der Waals surface area contributed by atoms with Gasteiger partial charge in [-0.2, -0.15) is 0 Å². The molecule has 1 aliphatic carbocycles. The van der Waals surface area contributed by atoms with Crippen molar-refractivity contribution in [2.45, 2.75) is 38.7 Å². The topological polar surface area (TPSA) is 93.6 Å². The highest BCUT2D eigenvalue weighted by Crippen LogP contribution is 2.38. The summed E-state index contributed by atoms with van der Waals surface area (Å²) in [5.41, 5.74) is 3.81. The fraction of sp³-hybridized carbons (Fsp3) is 0.250. The number of nitrogens with zero attached hydrogens (tertiary/aromatic N) is 2. The summed E-state index contributed by atoms with van der Waals surface area (Å²) in [7, 11) is 0. The van der Waals surface area contributed by atoms with Gasteiger partial charge >= 0.3 is 5.97 Å². The number of pyridine rings is 1. The smallest absolute Gasteiger partial charge is 0.339 e. The van der Waals surface area contributed by atoms with Gasteiger partial charge in [0.15, 0.2) is 6.10 Å². The van der Waals surface area contributed by atoms with E-state index in [0.717, 1.165) is 10.0 Å². The molecule has 4 aromatic rings. The van der Waals surface area contributed by atoms with Crippen LogP contribution in [0.2, 0.25) is 5.02 Å². The first-order valence-corrected chi connectivity index (χ1v) is 16.7. The first kappa shape index (κ1) is 32.1. The van der Waals surface area contributed by atoms with E-state index in [1.807, 2.05) is 25.1 Å². The van der Waals surface area contributed by atoms with Crippen LogP contribution in [0, 0.1) is 11.8 Å². The number of anilines is 1. The number of imide groups is 1. The summed E-state index contributed by atoms with van der Waals surface area (Å²) in [5.74, 6) is -1.97. The minimum atomic E-state index is -1.11. The molecule has 1 aromatic heterocycles. The molecule has 0 bridgehead atoms. The molecule has 6 rings (SSSR count). The Morgan fingerprint density at radius 3 is 2.24 bits per heavy atom. The number of carbonyl (C=O) groups excluding carboxylic acids is 4. The second-order valence-corrected chi connectivity index (χ2v) is 13.1. The van der Waals surface area contributed by atoms with Gasteiger partial charge in [0.05, 0.1) is 34.3 Å². The third kappa shape index (κ3) is 6.14. The monoisotopic (exact) mass is 718 g/mol. The molecule has 1 fully saturated rings. The van der Waals surface area contributed by atoms with Gasteiger partial charge in [-0.25, -0.2) is 9.78 Å². The van der Waals surface area contributed by atoms with Gasteiger partial charge in [-0.15, -0.1) is 11.6 Å². The zero-order valence-electron chi connectivity index (χ0n) is 24.8. The first-order chi connectivity index (χ1) is 22.2. The number of ketones is 1. The average molecular weight is 720 g/mol. The number of amides is 2. The zero-order valence-corrected chi connectivity index (χ0v) is 27.9. The van der Waals surface area contributed by atoms with Crippen LogP contribution in [-0.4, -0.2) is 40.5 Å². The number of benzene rings is 3. The Kier molecular flexibility index (Phi) is 9.41. The number of fused-ring (bicyclic) bond motifs is 2. The Morgan fingerprint density at radius 2 is 1.63 bits per heavy atom. The number of ether oxygens (including phenoxy) is 1. The van der Waals surface area contributed by atoms with E-state index in [0.29, 0.717) is 57.7 Å². The fourth-order valence-corrected chi connectivity index (χ4v) is 6.95. The van der Waals surface area contributed by atoms with E-state index in [1.54, 1.807) is 60.7 Å². The standard InChI is InChI=1S/C36H29BrCl2N2O5/c1-2-20-17-23(37)18-28-29(36(45)46-31(15-16-38)33(42)22-7-11-24(39)12-8-22)19-30(40-32(20)28)21-9-13-25(14-10-21)41-34(43)26-5-3-4-6-27(26)35(41)44/h3-4,7-14,17-19,26-27,31H,2,5-6,15-16H2,1H3. The van der Waals surface area contributed by atoms with Crippen molar-refractivity contribution in [2.75, 3.05) is 10.8 Å². The number of hydrogen-bond acceptors (Lipinski definition) is 6. The molecule has 2 aliphatic rings. The number of aryl methyl sites for hydroxylation is 1. The van der Waals surface area contributed by atoms with Crippen LogP contribution in [0.1, 0.15) is 52.5 Å². The minimum absolute atomic E-state index is 0.109. The molecular weight excluding hydrogens is 691 g/mol. The summed E-state index contributed by atoms with van der Waals surface area (Å²) in [4.78, 5) is 59.7.